The van der Waals surface area contributed by atoms with Crippen LogP contribution in [0.25, 0.3) is 0 Å². The van der Waals surface area contributed by atoms with Gasteiger partial charge in [0.2, 0.25) is 5.96 Å². The highest BCUT2D eigenvalue weighted by atomic mass is 15.3. The minimum Gasteiger partial charge on any atom is -0.339 e. The highest BCUT2D eigenvalue weighted by Crippen LogP contribution is 2.42. The lowest BCUT2D eigenvalue weighted by molar-refractivity contribution is 0.213. The predicted octanol–water partition coefficient (Wildman–Crippen LogP) is 0.309. The average molecular weight is 206 g/mol. The van der Waals surface area contributed by atoms with E-state index in [0.29, 0.717) is 12.0 Å². The van der Waals surface area contributed by atoms with E-state index >= 15 is 0 Å². The fraction of sp³-hybridized carbons (Fsp3) is 0.818. The molecule has 3 aliphatic rings. The van der Waals surface area contributed by atoms with Gasteiger partial charge >= 0.3 is 0 Å². The van der Waals surface area contributed by atoms with E-state index in [4.69, 9.17) is 4.99 Å². The SMILES string of the molecule is CC1C2C=NC(N3CCN(C)CC3)=NC12. The van der Waals surface area contributed by atoms with Gasteiger partial charge in [-0.2, -0.15) is 0 Å². The second-order valence-electron chi connectivity index (χ2n) is 4.92. The molecule has 2 heterocycles. The van der Waals surface area contributed by atoms with Gasteiger partial charge in [0.25, 0.3) is 0 Å². The van der Waals surface area contributed by atoms with Crippen LogP contribution in [0.5, 0.6) is 0 Å². The summed E-state index contributed by atoms with van der Waals surface area (Å²) in [5.74, 6) is 2.34. The van der Waals surface area contributed by atoms with E-state index in [1.807, 2.05) is 0 Å². The third-order valence-corrected chi connectivity index (χ3v) is 3.81. The third kappa shape index (κ3) is 1.57. The fourth-order valence-electron chi connectivity index (χ4n) is 2.39. The Bertz CT molecular complexity index is 315. The molecule has 0 radical (unpaired) electrons. The largest absolute Gasteiger partial charge is 0.339 e. The Labute approximate surface area is 90.7 Å². The molecule has 1 saturated carbocycles. The molecule has 0 amide bonds. The molecule has 1 saturated heterocycles. The van der Waals surface area contributed by atoms with Crippen LogP contribution in [-0.4, -0.2) is 61.2 Å². The third-order valence-electron chi connectivity index (χ3n) is 3.81. The normalized spacial score (nSPS) is 40.0. The Morgan fingerprint density at radius 3 is 2.67 bits per heavy atom. The summed E-state index contributed by atoms with van der Waals surface area (Å²) in [4.78, 5) is 13.9. The number of nitrogens with zero attached hydrogens (tertiary/aromatic N) is 4. The maximum absolute atomic E-state index is 4.71. The van der Waals surface area contributed by atoms with E-state index in [0.717, 1.165) is 38.1 Å². The number of guanidine groups is 1. The van der Waals surface area contributed by atoms with Crippen LogP contribution in [0.15, 0.2) is 9.98 Å². The second kappa shape index (κ2) is 3.30. The number of hydrogen-bond acceptors (Lipinski definition) is 4. The molecule has 0 aromatic rings. The molecule has 0 bridgehead atoms. The predicted molar refractivity (Wildman–Crippen MR) is 61.4 cm³/mol. The van der Waals surface area contributed by atoms with Crippen molar-refractivity contribution in [2.45, 2.75) is 13.0 Å². The zero-order valence-corrected chi connectivity index (χ0v) is 9.43. The number of aliphatic imine (C=N–C) groups is 2. The summed E-state index contributed by atoms with van der Waals surface area (Å²) in [7, 11) is 2.17. The highest BCUT2D eigenvalue weighted by molar-refractivity contribution is 5.92. The van der Waals surface area contributed by atoms with Gasteiger partial charge in [-0.1, -0.05) is 6.92 Å². The minimum absolute atomic E-state index is 0.539. The van der Waals surface area contributed by atoms with Crippen LogP contribution in [0.3, 0.4) is 0 Å². The van der Waals surface area contributed by atoms with Crippen molar-refractivity contribution >= 4 is 12.2 Å². The van der Waals surface area contributed by atoms with Crippen molar-refractivity contribution in [2.75, 3.05) is 33.2 Å². The number of piperazine rings is 1. The molecule has 1 aliphatic carbocycles. The first kappa shape index (κ1) is 9.33. The molecule has 4 nitrogen and oxygen atoms in total. The molecule has 4 heteroatoms. The topological polar surface area (TPSA) is 31.2 Å². The van der Waals surface area contributed by atoms with Crippen LogP contribution < -0.4 is 0 Å². The molecule has 3 atom stereocenters. The maximum Gasteiger partial charge on any atom is 0.220 e. The molecule has 0 spiro atoms. The van der Waals surface area contributed by atoms with Crippen LogP contribution in [0, 0.1) is 11.8 Å². The molecule has 3 unspecified atom stereocenters. The molecular weight excluding hydrogens is 188 g/mol. The zero-order chi connectivity index (χ0) is 10.4. The van der Waals surface area contributed by atoms with Crippen LogP contribution in [-0.2, 0) is 0 Å². The van der Waals surface area contributed by atoms with E-state index in [1.54, 1.807) is 0 Å². The minimum atomic E-state index is 0.539. The zero-order valence-electron chi connectivity index (χ0n) is 9.43. The molecule has 0 aromatic carbocycles. The first-order chi connectivity index (χ1) is 7.25. The summed E-state index contributed by atoms with van der Waals surface area (Å²) in [6.07, 6.45) is 2.11. The van der Waals surface area contributed by atoms with E-state index in [-0.39, 0.29) is 0 Å². The summed E-state index contributed by atoms with van der Waals surface area (Å²) < 4.78 is 0. The molecule has 0 N–H and O–H groups in total. The van der Waals surface area contributed by atoms with Crippen molar-refractivity contribution in [1.82, 2.24) is 9.80 Å². The molecule has 2 aliphatic heterocycles. The van der Waals surface area contributed by atoms with Gasteiger partial charge in [0, 0.05) is 38.3 Å². The Hall–Kier alpha value is -0.900. The van der Waals surface area contributed by atoms with Crippen molar-refractivity contribution in [3.05, 3.63) is 0 Å². The van der Waals surface area contributed by atoms with Gasteiger partial charge in [-0.15, -0.1) is 0 Å². The van der Waals surface area contributed by atoms with E-state index in [2.05, 4.69) is 35.0 Å². The van der Waals surface area contributed by atoms with Crippen LogP contribution in [0.1, 0.15) is 6.92 Å². The van der Waals surface area contributed by atoms with Gasteiger partial charge in [-0.05, 0) is 13.0 Å². The monoisotopic (exact) mass is 206 g/mol. The highest BCUT2D eigenvalue weighted by Gasteiger charge is 2.48. The first-order valence-electron chi connectivity index (χ1n) is 5.81. The standard InChI is InChI=1S/C11H18N4/c1-8-9-7-12-11(13-10(8)9)15-5-3-14(2)4-6-15/h7-10H,3-6H2,1-2H3. The molecule has 0 aromatic heterocycles. The number of fused-ring (bicyclic) bond motifs is 1. The summed E-state index contributed by atoms with van der Waals surface area (Å²) in [5, 5.41) is 0. The number of likely N-dealkylation sites (N-methyl/N-ethyl adjacent to an activating group) is 1. The second-order valence-corrected chi connectivity index (χ2v) is 4.92. The lowest BCUT2D eigenvalue weighted by atomic mass is 10.3. The Morgan fingerprint density at radius 1 is 1.27 bits per heavy atom. The number of rotatable bonds is 0. The summed E-state index contributed by atoms with van der Waals surface area (Å²) in [5.41, 5.74) is 0. The molecule has 15 heavy (non-hydrogen) atoms. The maximum atomic E-state index is 4.71. The summed E-state index contributed by atoms with van der Waals surface area (Å²) >= 11 is 0. The lowest BCUT2D eigenvalue weighted by Crippen LogP contribution is -2.47. The summed E-state index contributed by atoms with van der Waals surface area (Å²) in [6.45, 7) is 6.64. The molecule has 82 valence electrons. The van der Waals surface area contributed by atoms with Crippen molar-refractivity contribution in [1.29, 1.82) is 0 Å². The van der Waals surface area contributed by atoms with Crippen molar-refractivity contribution in [3.8, 4) is 0 Å². The Morgan fingerprint density at radius 2 is 2.00 bits per heavy atom. The smallest absolute Gasteiger partial charge is 0.220 e. The van der Waals surface area contributed by atoms with E-state index in [9.17, 15) is 0 Å². The van der Waals surface area contributed by atoms with Gasteiger partial charge < -0.3 is 9.80 Å². The molecule has 3 rings (SSSR count). The van der Waals surface area contributed by atoms with E-state index in [1.165, 1.54) is 0 Å². The van der Waals surface area contributed by atoms with Crippen LogP contribution in [0.2, 0.25) is 0 Å². The van der Waals surface area contributed by atoms with Gasteiger partial charge in [0.1, 0.15) is 0 Å². The van der Waals surface area contributed by atoms with Gasteiger partial charge in [0.15, 0.2) is 0 Å². The van der Waals surface area contributed by atoms with Gasteiger partial charge in [-0.25, -0.2) is 9.98 Å². The Kier molecular flexibility index (Phi) is 2.06. The van der Waals surface area contributed by atoms with Crippen molar-refractivity contribution in [3.63, 3.8) is 0 Å². The van der Waals surface area contributed by atoms with Crippen molar-refractivity contribution < 1.29 is 0 Å². The van der Waals surface area contributed by atoms with Gasteiger partial charge in [-0.3, -0.25) is 0 Å². The van der Waals surface area contributed by atoms with E-state index < -0.39 is 0 Å². The molecular formula is C11H18N4. The summed E-state index contributed by atoms with van der Waals surface area (Å²) in [6, 6.07) is 0.539. The lowest BCUT2D eigenvalue weighted by Gasteiger charge is -2.33. The average Bonchev–Trinajstić information content (AvgIpc) is 2.91. The van der Waals surface area contributed by atoms with Crippen LogP contribution >= 0.6 is 0 Å². The van der Waals surface area contributed by atoms with Gasteiger partial charge in [0.05, 0.1) is 6.04 Å². The Balaban J connectivity index is 1.68. The van der Waals surface area contributed by atoms with Crippen LogP contribution in [0.4, 0.5) is 0 Å². The quantitative estimate of drug-likeness (QED) is 0.571. The fourth-order valence-corrected chi connectivity index (χ4v) is 2.39. The molecule has 2 fully saturated rings. The first-order valence-corrected chi connectivity index (χ1v) is 5.81. The van der Waals surface area contributed by atoms with Crippen molar-refractivity contribution in [2.24, 2.45) is 21.8 Å². The number of hydrogen-bond donors (Lipinski definition) is 0.